The van der Waals surface area contributed by atoms with Crippen LogP contribution >= 0.6 is 11.6 Å². The third-order valence-corrected chi connectivity index (χ3v) is 10.9. The van der Waals surface area contributed by atoms with Crippen molar-refractivity contribution in [1.82, 2.24) is 20.1 Å². The molecule has 0 unspecified atom stereocenters. The highest BCUT2D eigenvalue weighted by molar-refractivity contribution is 6.33. The maximum Gasteiger partial charge on any atom is 0.416 e. The Labute approximate surface area is 302 Å². The van der Waals surface area contributed by atoms with Crippen LogP contribution in [-0.4, -0.2) is 73.2 Å². The number of aromatic nitrogens is 1. The summed E-state index contributed by atoms with van der Waals surface area (Å²) in [6, 6.07) is 19.0. The summed E-state index contributed by atoms with van der Waals surface area (Å²) in [6.07, 6.45) is 2.74. The van der Waals surface area contributed by atoms with E-state index in [1.54, 1.807) is 25.3 Å². The molecule has 7 rings (SSSR count). The van der Waals surface area contributed by atoms with Gasteiger partial charge in [0.1, 0.15) is 12.4 Å². The van der Waals surface area contributed by atoms with Gasteiger partial charge in [0.15, 0.2) is 0 Å². The number of nitrogens with zero attached hydrogens (tertiary/aromatic N) is 3. The van der Waals surface area contributed by atoms with Crippen molar-refractivity contribution < 1.29 is 27.4 Å². The average Bonchev–Trinajstić information content (AvgIpc) is 3.93. The van der Waals surface area contributed by atoms with Crippen molar-refractivity contribution >= 4 is 28.4 Å². The van der Waals surface area contributed by atoms with Crippen LogP contribution in [0.1, 0.15) is 72.0 Å². The first-order chi connectivity index (χ1) is 24.6. The van der Waals surface area contributed by atoms with Crippen molar-refractivity contribution in [3.8, 4) is 17.0 Å². The molecule has 3 aliphatic rings. The normalized spacial score (nSPS) is 18.5. The highest BCUT2D eigenvalue weighted by atomic mass is 35.5. The number of hydrogen-bond donors (Lipinski definition) is 1. The van der Waals surface area contributed by atoms with E-state index in [9.17, 15) is 18.0 Å². The van der Waals surface area contributed by atoms with Gasteiger partial charge in [-0.05, 0) is 88.5 Å². The molecule has 1 amide bonds. The van der Waals surface area contributed by atoms with Crippen LogP contribution in [0, 0.1) is 0 Å². The number of pyridine rings is 1. The lowest BCUT2D eigenvalue weighted by Crippen LogP contribution is -2.46. The second-order valence-corrected chi connectivity index (χ2v) is 14.4. The molecule has 0 bridgehead atoms. The largest absolute Gasteiger partial charge is 0.490 e. The van der Waals surface area contributed by atoms with Crippen molar-refractivity contribution in [1.29, 1.82) is 0 Å². The number of fused-ring (bicyclic) bond motifs is 1. The van der Waals surface area contributed by atoms with E-state index in [0.29, 0.717) is 63.3 Å². The molecule has 1 aliphatic carbocycles. The van der Waals surface area contributed by atoms with Gasteiger partial charge in [0.2, 0.25) is 0 Å². The van der Waals surface area contributed by atoms with Crippen molar-refractivity contribution in [3.05, 3.63) is 94.0 Å². The van der Waals surface area contributed by atoms with Gasteiger partial charge in [-0.2, -0.15) is 13.2 Å². The Bertz CT molecular complexity index is 1850. The lowest BCUT2D eigenvalue weighted by Gasteiger charge is -2.40. The molecule has 3 aromatic carbocycles. The summed E-state index contributed by atoms with van der Waals surface area (Å²) in [5.41, 5.74) is 1.71. The molecule has 0 radical (unpaired) electrons. The number of piperidine rings is 2. The fourth-order valence-electron chi connectivity index (χ4n) is 7.74. The predicted octanol–water partition coefficient (Wildman–Crippen LogP) is 8.47. The first kappa shape index (κ1) is 35.7. The lowest BCUT2D eigenvalue weighted by molar-refractivity contribution is -0.137. The summed E-state index contributed by atoms with van der Waals surface area (Å²) >= 11 is 6.80. The molecule has 2 aliphatic heterocycles. The Kier molecular flexibility index (Phi) is 10.6. The molecular weight excluding hydrogens is 677 g/mol. The zero-order valence-electron chi connectivity index (χ0n) is 28.9. The van der Waals surface area contributed by atoms with E-state index in [4.69, 9.17) is 26.1 Å². The molecule has 2 saturated heterocycles. The Hall–Kier alpha value is -3.70. The average molecular weight is 721 g/mol. The van der Waals surface area contributed by atoms with Gasteiger partial charge in [0, 0.05) is 42.3 Å². The lowest BCUT2D eigenvalue weighted by atomic mass is 9.93. The van der Waals surface area contributed by atoms with Gasteiger partial charge in [-0.3, -0.25) is 9.69 Å². The van der Waals surface area contributed by atoms with Crippen LogP contribution in [0.2, 0.25) is 5.02 Å². The van der Waals surface area contributed by atoms with Crippen LogP contribution in [0.15, 0.2) is 66.7 Å². The maximum atomic E-state index is 14.8. The standard InChI is InChI=1S/C40H44ClF3N4O3/c1-50-21-22-51-35-25-34-31(24-33(35)41)36(38(49)46-39(15-16-39)28-10-4-2-5-11-28)32(37(45-34)27-9-8-12-29(23-27)40(42,43)44)26-47-19-13-30(14-20-47)48-17-6-3-7-18-48/h2,4-5,8-12,23-25,30H,3,6-7,13-22,26H2,1H3,(H,46,49). The molecule has 3 heterocycles. The number of carbonyl (C=O) groups is 1. The summed E-state index contributed by atoms with van der Waals surface area (Å²) in [7, 11) is 1.57. The van der Waals surface area contributed by atoms with E-state index < -0.39 is 17.3 Å². The van der Waals surface area contributed by atoms with E-state index in [1.165, 1.54) is 25.3 Å². The molecule has 7 nitrogen and oxygen atoms in total. The van der Waals surface area contributed by atoms with E-state index in [2.05, 4.69) is 15.1 Å². The van der Waals surface area contributed by atoms with Gasteiger partial charge in [-0.1, -0.05) is 60.5 Å². The minimum atomic E-state index is -4.55. The first-order valence-corrected chi connectivity index (χ1v) is 18.3. The van der Waals surface area contributed by atoms with E-state index >= 15 is 0 Å². The Balaban J connectivity index is 1.34. The fourth-order valence-corrected chi connectivity index (χ4v) is 7.96. The Morgan fingerprint density at radius 2 is 1.71 bits per heavy atom. The zero-order chi connectivity index (χ0) is 35.6. The van der Waals surface area contributed by atoms with E-state index in [0.717, 1.165) is 69.6 Å². The van der Waals surface area contributed by atoms with Crippen molar-refractivity contribution in [3.63, 3.8) is 0 Å². The first-order valence-electron chi connectivity index (χ1n) is 18.0. The minimum Gasteiger partial charge on any atom is -0.490 e. The molecule has 51 heavy (non-hydrogen) atoms. The number of carbonyl (C=O) groups excluding carboxylic acids is 1. The number of nitrogens with one attached hydrogen (secondary N) is 1. The number of methoxy groups -OCH3 is 1. The Morgan fingerprint density at radius 3 is 2.39 bits per heavy atom. The molecular formula is C40H44ClF3N4O3. The molecule has 1 aromatic heterocycles. The van der Waals surface area contributed by atoms with Crippen molar-refractivity contribution in [2.45, 2.75) is 69.2 Å². The second kappa shape index (κ2) is 15.1. The molecule has 0 spiro atoms. The van der Waals surface area contributed by atoms with Crippen molar-refractivity contribution in [2.75, 3.05) is 46.5 Å². The summed E-state index contributed by atoms with van der Waals surface area (Å²) in [4.78, 5) is 24.7. The fraction of sp³-hybridized carbons (Fsp3) is 0.450. The smallest absolute Gasteiger partial charge is 0.416 e. The van der Waals surface area contributed by atoms with Gasteiger partial charge in [-0.25, -0.2) is 4.98 Å². The predicted molar refractivity (Wildman–Crippen MR) is 193 cm³/mol. The number of amides is 1. The number of rotatable bonds is 11. The summed E-state index contributed by atoms with van der Waals surface area (Å²) in [6.45, 7) is 4.80. The molecule has 0 atom stereocenters. The number of alkyl halides is 3. The van der Waals surface area contributed by atoms with Crippen LogP contribution in [0.4, 0.5) is 13.2 Å². The van der Waals surface area contributed by atoms with Crippen molar-refractivity contribution in [2.24, 2.45) is 0 Å². The summed E-state index contributed by atoms with van der Waals surface area (Å²) in [5, 5.41) is 4.17. The molecule has 1 saturated carbocycles. The van der Waals surface area contributed by atoms with Gasteiger partial charge < -0.3 is 19.7 Å². The number of hydrogen-bond acceptors (Lipinski definition) is 6. The van der Waals surface area contributed by atoms with E-state index in [-0.39, 0.29) is 12.5 Å². The zero-order valence-corrected chi connectivity index (χ0v) is 29.7. The number of ether oxygens (including phenoxy) is 2. The van der Waals surface area contributed by atoms with Crippen LogP contribution in [-0.2, 0) is 23.0 Å². The minimum absolute atomic E-state index is 0.237. The van der Waals surface area contributed by atoms with E-state index in [1.807, 2.05) is 30.3 Å². The third-order valence-electron chi connectivity index (χ3n) is 10.6. The highest BCUT2D eigenvalue weighted by Gasteiger charge is 2.46. The highest BCUT2D eigenvalue weighted by Crippen LogP contribution is 2.46. The second-order valence-electron chi connectivity index (χ2n) is 14.0. The molecule has 11 heteroatoms. The van der Waals surface area contributed by atoms with Gasteiger partial charge in [-0.15, -0.1) is 0 Å². The summed E-state index contributed by atoms with van der Waals surface area (Å²) in [5.74, 6) is 0.0462. The molecule has 1 N–H and O–H groups in total. The molecule has 270 valence electrons. The quantitative estimate of drug-likeness (QED) is 0.157. The Morgan fingerprint density at radius 1 is 0.961 bits per heavy atom. The third kappa shape index (κ3) is 7.89. The molecule has 4 aromatic rings. The van der Waals surface area contributed by atoms with Crippen LogP contribution in [0.5, 0.6) is 5.75 Å². The topological polar surface area (TPSA) is 66.9 Å². The SMILES string of the molecule is COCCOc1cc2nc(-c3cccc(C(F)(F)F)c3)c(CN3CCC(N4CCCCC4)CC3)c(C(=O)NC3(c4ccccc4)CC3)c2cc1Cl. The number of likely N-dealkylation sites (tertiary alicyclic amines) is 2. The molecule has 3 fully saturated rings. The van der Waals surface area contributed by atoms with Crippen LogP contribution in [0.25, 0.3) is 22.2 Å². The van der Waals surface area contributed by atoms with Crippen LogP contribution in [0.3, 0.4) is 0 Å². The maximum absolute atomic E-state index is 14.8. The number of benzene rings is 3. The summed E-state index contributed by atoms with van der Waals surface area (Å²) < 4.78 is 53.2. The number of halogens is 4. The van der Waals surface area contributed by atoms with Gasteiger partial charge in [0.25, 0.3) is 5.91 Å². The van der Waals surface area contributed by atoms with Crippen LogP contribution < -0.4 is 10.1 Å². The van der Waals surface area contributed by atoms with Gasteiger partial charge in [0.05, 0.1) is 39.5 Å². The van der Waals surface area contributed by atoms with Gasteiger partial charge >= 0.3 is 6.18 Å². The monoisotopic (exact) mass is 720 g/mol.